The van der Waals surface area contributed by atoms with Crippen LogP contribution in [0.1, 0.15) is 181 Å². The predicted octanol–water partition coefficient (Wildman–Crippen LogP) is 6.25. The molecule has 15 heteroatoms. The summed E-state index contributed by atoms with van der Waals surface area (Å²) in [5.74, 6) is 1.44. The molecule has 0 aromatic carbocycles. The van der Waals surface area contributed by atoms with E-state index in [0.717, 1.165) is 155 Å². The largest absolute Gasteiger partial charge is 0.370 e. The van der Waals surface area contributed by atoms with Crippen LogP contribution in [0.3, 0.4) is 0 Å². The Balaban J connectivity index is 5.11. The van der Waals surface area contributed by atoms with Crippen LogP contribution >= 0.6 is 0 Å². The van der Waals surface area contributed by atoms with Crippen LogP contribution in [0.2, 0.25) is 0 Å². The average molecular weight is 821 g/mol. The molecule has 0 aromatic rings. The third-order valence-electron chi connectivity index (χ3n) is 10.1. The molecule has 0 radical (unpaired) electrons. The SMILES string of the molecule is CCCN=C(N)NCCCCCCCCN(CCCCCCCCN=C(N)N)C(=O)N(CCCCCCCCN=C(N)N)CCCCCCCCNC(N)=NCCC. The van der Waals surface area contributed by atoms with Crippen molar-refractivity contribution >= 4 is 29.9 Å². The Morgan fingerprint density at radius 3 is 0.948 bits per heavy atom. The summed E-state index contributed by atoms with van der Waals surface area (Å²) in [6.45, 7) is 12.2. The van der Waals surface area contributed by atoms with Crippen molar-refractivity contribution < 1.29 is 4.79 Å². The highest BCUT2D eigenvalue weighted by molar-refractivity contribution is 5.78. The van der Waals surface area contributed by atoms with E-state index in [1.807, 2.05) is 0 Å². The van der Waals surface area contributed by atoms with Gasteiger partial charge in [0.05, 0.1) is 0 Å². The maximum absolute atomic E-state index is 14.3. The van der Waals surface area contributed by atoms with Crippen LogP contribution in [-0.4, -0.2) is 105 Å². The molecule has 0 unspecified atom stereocenters. The first kappa shape index (κ1) is 54.3. The number of nitrogens with two attached hydrogens (primary N) is 6. The summed E-state index contributed by atoms with van der Waals surface area (Å²) < 4.78 is 0. The highest BCUT2D eigenvalue weighted by Crippen LogP contribution is 2.15. The molecular formula is C43H92N14O. The second-order valence-electron chi connectivity index (χ2n) is 15.7. The molecule has 0 heterocycles. The first-order valence-electron chi connectivity index (χ1n) is 23.4. The van der Waals surface area contributed by atoms with Crippen LogP contribution in [0.25, 0.3) is 0 Å². The maximum atomic E-state index is 14.3. The van der Waals surface area contributed by atoms with Crippen molar-refractivity contribution in [3.05, 3.63) is 0 Å². The molecule has 0 aliphatic heterocycles. The van der Waals surface area contributed by atoms with Crippen LogP contribution < -0.4 is 45.0 Å². The molecule has 14 N–H and O–H groups in total. The predicted molar refractivity (Wildman–Crippen MR) is 250 cm³/mol. The van der Waals surface area contributed by atoms with E-state index < -0.39 is 0 Å². The molecule has 0 fully saturated rings. The minimum atomic E-state index is 0.167. The average Bonchev–Trinajstić information content (AvgIpc) is 3.20. The lowest BCUT2D eigenvalue weighted by Crippen LogP contribution is -2.45. The summed E-state index contributed by atoms with van der Waals surface area (Å²) in [7, 11) is 0. The topological polar surface area (TPSA) is 253 Å². The molecule has 0 saturated heterocycles. The molecule has 15 nitrogen and oxygen atoms in total. The summed E-state index contributed by atoms with van der Waals surface area (Å²) in [4.78, 5) is 35.4. The molecule has 0 spiro atoms. The Labute approximate surface area is 354 Å². The maximum Gasteiger partial charge on any atom is 0.319 e. The Kier molecular flexibility index (Phi) is 38.9. The van der Waals surface area contributed by atoms with Crippen molar-refractivity contribution in [2.45, 2.75) is 181 Å². The summed E-state index contributed by atoms with van der Waals surface area (Å²) in [6, 6.07) is 0.233. The molecule has 340 valence electrons. The fourth-order valence-corrected chi connectivity index (χ4v) is 6.74. The molecule has 0 atom stereocenters. The summed E-state index contributed by atoms with van der Waals surface area (Å²) in [6.07, 6.45) is 28.9. The van der Waals surface area contributed by atoms with Crippen LogP contribution in [0.4, 0.5) is 4.79 Å². The Morgan fingerprint density at radius 2 is 0.655 bits per heavy atom. The summed E-state index contributed by atoms with van der Waals surface area (Å²) in [5.41, 5.74) is 33.7. The molecule has 0 aliphatic rings. The van der Waals surface area contributed by atoms with Crippen LogP contribution in [0.5, 0.6) is 0 Å². The van der Waals surface area contributed by atoms with Gasteiger partial charge in [-0.25, -0.2) is 4.79 Å². The number of nitrogens with one attached hydrogen (secondary N) is 2. The number of carbonyl (C=O) groups excluding carboxylic acids is 1. The van der Waals surface area contributed by atoms with E-state index in [9.17, 15) is 4.79 Å². The standard InChI is InChI=1S/C43H92N14O/c1-3-29-52-41(48)54-33-23-15-7-11-19-27-37-56(35-25-17-9-5-13-21-31-50-39(44)45)43(58)57(36-26-18-10-6-14-22-32-51-40(46)47)38-28-20-12-8-16-24-34-55-42(49)53-30-4-2/h3-38H2,1-2H3,(H4,44,45,50)(H4,46,47,51)(H3,48,52,54)(H3,49,53,55). The Hall–Kier alpha value is -3.65. The first-order chi connectivity index (χ1) is 28.2. The van der Waals surface area contributed by atoms with Crippen molar-refractivity contribution in [2.24, 2.45) is 54.4 Å². The minimum Gasteiger partial charge on any atom is -0.370 e. The zero-order valence-electron chi connectivity index (χ0n) is 37.5. The van der Waals surface area contributed by atoms with Gasteiger partial charge in [-0.2, -0.15) is 0 Å². The van der Waals surface area contributed by atoms with E-state index in [1.165, 1.54) is 64.2 Å². The van der Waals surface area contributed by atoms with E-state index in [-0.39, 0.29) is 18.0 Å². The van der Waals surface area contributed by atoms with Crippen LogP contribution in [0.15, 0.2) is 20.0 Å². The van der Waals surface area contributed by atoms with Gasteiger partial charge < -0.3 is 54.8 Å². The molecule has 0 saturated carbocycles. The summed E-state index contributed by atoms with van der Waals surface area (Å²) in [5, 5.41) is 6.44. The monoisotopic (exact) mass is 821 g/mol. The van der Waals surface area contributed by atoms with Gasteiger partial charge >= 0.3 is 6.03 Å². The van der Waals surface area contributed by atoms with Gasteiger partial charge in [-0.15, -0.1) is 0 Å². The summed E-state index contributed by atoms with van der Waals surface area (Å²) >= 11 is 0. The minimum absolute atomic E-state index is 0.167. The number of hydrogen-bond donors (Lipinski definition) is 8. The van der Waals surface area contributed by atoms with E-state index in [4.69, 9.17) is 34.4 Å². The van der Waals surface area contributed by atoms with Crippen molar-refractivity contribution in [1.29, 1.82) is 0 Å². The third kappa shape index (κ3) is 37.9. The molecule has 0 aliphatic carbocycles. The smallest absolute Gasteiger partial charge is 0.319 e. The number of urea groups is 1. The van der Waals surface area contributed by atoms with Gasteiger partial charge in [-0.3, -0.25) is 20.0 Å². The molecule has 0 bridgehead atoms. The van der Waals surface area contributed by atoms with E-state index in [0.29, 0.717) is 25.0 Å². The van der Waals surface area contributed by atoms with E-state index >= 15 is 0 Å². The lowest BCUT2D eigenvalue weighted by atomic mass is 10.1. The number of unbranched alkanes of at least 4 members (excludes halogenated alkanes) is 20. The normalized spacial score (nSPS) is 11.7. The van der Waals surface area contributed by atoms with Gasteiger partial charge in [-0.05, 0) is 64.2 Å². The molecule has 2 amide bonds. The molecule has 0 aromatic heterocycles. The number of aliphatic imine (C=N–C) groups is 4. The van der Waals surface area contributed by atoms with Crippen LogP contribution in [-0.2, 0) is 0 Å². The zero-order chi connectivity index (χ0) is 42.7. The van der Waals surface area contributed by atoms with Crippen molar-refractivity contribution in [3.8, 4) is 0 Å². The first-order valence-corrected chi connectivity index (χ1v) is 23.4. The number of nitrogens with zero attached hydrogens (tertiary/aromatic N) is 6. The Bertz CT molecular complexity index is 980. The molecule has 0 rings (SSSR count). The Morgan fingerprint density at radius 1 is 0.379 bits per heavy atom. The van der Waals surface area contributed by atoms with Crippen molar-refractivity contribution in [1.82, 2.24) is 20.4 Å². The highest BCUT2D eigenvalue weighted by atomic mass is 16.2. The van der Waals surface area contributed by atoms with Gasteiger partial charge in [0, 0.05) is 65.4 Å². The van der Waals surface area contributed by atoms with Crippen molar-refractivity contribution in [3.63, 3.8) is 0 Å². The van der Waals surface area contributed by atoms with E-state index in [2.05, 4.69) is 54.3 Å². The number of guanidine groups is 4. The fourth-order valence-electron chi connectivity index (χ4n) is 6.74. The fraction of sp³-hybridized carbons (Fsp3) is 0.884. The second kappa shape index (κ2) is 41.5. The number of hydrogen-bond acceptors (Lipinski definition) is 5. The third-order valence-corrected chi connectivity index (χ3v) is 10.1. The molecular weight excluding hydrogens is 729 g/mol. The molecule has 58 heavy (non-hydrogen) atoms. The number of rotatable bonds is 40. The van der Waals surface area contributed by atoms with Gasteiger partial charge in [0.25, 0.3) is 0 Å². The van der Waals surface area contributed by atoms with Crippen LogP contribution in [0, 0.1) is 0 Å². The lowest BCUT2D eigenvalue weighted by Gasteiger charge is -2.31. The number of amides is 2. The zero-order valence-corrected chi connectivity index (χ0v) is 37.5. The highest BCUT2D eigenvalue weighted by Gasteiger charge is 2.20. The van der Waals surface area contributed by atoms with Crippen molar-refractivity contribution in [2.75, 3.05) is 65.4 Å². The number of carbonyl (C=O) groups is 1. The van der Waals surface area contributed by atoms with Gasteiger partial charge in [-0.1, -0.05) is 117 Å². The van der Waals surface area contributed by atoms with Gasteiger partial charge in [0.15, 0.2) is 23.8 Å². The quantitative estimate of drug-likeness (QED) is 0.0197. The second-order valence-corrected chi connectivity index (χ2v) is 15.7. The van der Waals surface area contributed by atoms with Gasteiger partial charge in [0.1, 0.15) is 0 Å². The lowest BCUT2D eigenvalue weighted by molar-refractivity contribution is 0.148. The van der Waals surface area contributed by atoms with E-state index in [1.54, 1.807) is 0 Å². The van der Waals surface area contributed by atoms with Gasteiger partial charge in [0.2, 0.25) is 0 Å².